The molecular formula is C8H18N2O. The van der Waals surface area contributed by atoms with Crippen LogP contribution in [-0.2, 0) is 4.74 Å². The molecule has 0 aromatic rings. The summed E-state index contributed by atoms with van der Waals surface area (Å²) in [4.78, 5) is 2.36. The first-order chi connectivity index (χ1) is 5.18. The molecule has 0 spiro atoms. The highest BCUT2D eigenvalue weighted by Gasteiger charge is 2.16. The van der Waals surface area contributed by atoms with Gasteiger partial charge in [0.15, 0.2) is 0 Å². The average Bonchev–Trinajstić information content (AvgIpc) is 1.85. The van der Waals surface area contributed by atoms with E-state index < -0.39 is 0 Å². The van der Waals surface area contributed by atoms with E-state index in [4.69, 9.17) is 10.5 Å². The maximum atomic E-state index is 5.69. The zero-order chi connectivity index (χ0) is 8.27. The second-order valence-corrected chi connectivity index (χ2v) is 3.42. The molecule has 1 rings (SSSR count). The van der Waals surface area contributed by atoms with E-state index in [-0.39, 0.29) is 6.04 Å². The Hall–Kier alpha value is -0.120. The van der Waals surface area contributed by atoms with Crippen LogP contribution in [0.1, 0.15) is 13.8 Å². The molecule has 1 aliphatic rings. The Balaban J connectivity index is 2.23. The largest absolute Gasteiger partial charge is 0.376 e. The monoisotopic (exact) mass is 158 g/mol. The van der Waals surface area contributed by atoms with Crippen LogP contribution < -0.4 is 5.73 Å². The SMILES string of the molecule is CC1CN(C[C@H](C)N)CCO1. The van der Waals surface area contributed by atoms with E-state index in [2.05, 4.69) is 11.8 Å². The molecule has 0 bridgehead atoms. The van der Waals surface area contributed by atoms with Gasteiger partial charge >= 0.3 is 0 Å². The number of ether oxygens (including phenoxy) is 1. The molecule has 2 N–H and O–H groups in total. The van der Waals surface area contributed by atoms with Gasteiger partial charge in [0.05, 0.1) is 12.7 Å². The van der Waals surface area contributed by atoms with Gasteiger partial charge in [0.25, 0.3) is 0 Å². The number of rotatable bonds is 2. The van der Waals surface area contributed by atoms with Gasteiger partial charge < -0.3 is 10.5 Å². The van der Waals surface area contributed by atoms with Crippen molar-refractivity contribution in [1.82, 2.24) is 4.90 Å². The fourth-order valence-corrected chi connectivity index (χ4v) is 1.46. The quantitative estimate of drug-likeness (QED) is 0.617. The molecule has 2 atom stereocenters. The van der Waals surface area contributed by atoms with Gasteiger partial charge in [-0.3, -0.25) is 4.90 Å². The van der Waals surface area contributed by atoms with Crippen molar-refractivity contribution in [3.8, 4) is 0 Å². The van der Waals surface area contributed by atoms with Crippen LogP contribution in [0.5, 0.6) is 0 Å². The molecule has 3 nitrogen and oxygen atoms in total. The van der Waals surface area contributed by atoms with Crippen molar-refractivity contribution in [2.45, 2.75) is 26.0 Å². The summed E-state index contributed by atoms with van der Waals surface area (Å²) in [6.07, 6.45) is 0.377. The molecule has 0 radical (unpaired) electrons. The zero-order valence-electron chi connectivity index (χ0n) is 7.42. The van der Waals surface area contributed by atoms with E-state index in [1.165, 1.54) is 0 Å². The first-order valence-corrected chi connectivity index (χ1v) is 4.28. The van der Waals surface area contributed by atoms with E-state index in [1.807, 2.05) is 6.92 Å². The van der Waals surface area contributed by atoms with Gasteiger partial charge in [0.1, 0.15) is 0 Å². The summed E-state index contributed by atoms with van der Waals surface area (Å²) >= 11 is 0. The molecule has 1 unspecified atom stereocenters. The molecule has 0 amide bonds. The first kappa shape index (κ1) is 8.97. The van der Waals surface area contributed by atoms with Crippen molar-refractivity contribution in [2.24, 2.45) is 5.73 Å². The molecule has 66 valence electrons. The van der Waals surface area contributed by atoms with Crippen LogP contribution in [0.25, 0.3) is 0 Å². The summed E-state index contributed by atoms with van der Waals surface area (Å²) in [5.41, 5.74) is 5.69. The number of hydrogen-bond donors (Lipinski definition) is 1. The molecule has 11 heavy (non-hydrogen) atoms. The third-order valence-electron chi connectivity index (χ3n) is 1.87. The Morgan fingerprint density at radius 3 is 3.00 bits per heavy atom. The maximum absolute atomic E-state index is 5.69. The van der Waals surface area contributed by atoms with Crippen molar-refractivity contribution in [2.75, 3.05) is 26.2 Å². The van der Waals surface area contributed by atoms with Crippen LogP contribution in [0.2, 0.25) is 0 Å². The van der Waals surface area contributed by atoms with E-state index in [1.54, 1.807) is 0 Å². The molecule has 3 heteroatoms. The molecule has 1 fully saturated rings. The lowest BCUT2D eigenvalue weighted by Gasteiger charge is -2.31. The Bertz CT molecular complexity index is 115. The fraction of sp³-hybridized carbons (Fsp3) is 1.00. The minimum Gasteiger partial charge on any atom is -0.376 e. The zero-order valence-corrected chi connectivity index (χ0v) is 7.42. The molecule has 0 aliphatic carbocycles. The van der Waals surface area contributed by atoms with Crippen LogP contribution in [0.3, 0.4) is 0 Å². The topological polar surface area (TPSA) is 38.5 Å². The Morgan fingerprint density at radius 2 is 2.45 bits per heavy atom. The van der Waals surface area contributed by atoms with Gasteiger partial charge in [-0.15, -0.1) is 0 Å². The molecule has 1 heterocycles. The van der Waals surface area contributed by atoms with Crippen molar-refractivity contribution in [3.05, 3.63) is 0 Å². The summed E-state index contributed by atoms with van der Waals surface area (Å²) in [5.74, 6) is 0. The highest BCUT2D eigenvalue weighted by molar-refractivity contribution is 4.70. The number of nitrogens with two attached hydrogens (primary N) is 1. The lowest BCUT2D eigenvalue weighted by molar-refractivity contribution is -0.0193. The second kappa shape index (κ2) is 4.04. The van der Waals surface area contributed by atoms with Gasteiger partial charge in [0, 0.05) is 25.7 Å². The highest BCUT2D eigenvalue weighted by Crippen LogP contribution is 2.03. The minimum atomic E-state index is 0.278. The van der Waals surface area contributed by atoms with Crippen molar-refractivity contribution in [3.63, 3.8) is 0 Å². The van der Waals surface area contributed by atoms with E-state index in [0.717, 1.165) is 26.2 Å². The molecule has 1 saturated heterocycles. The summed E-state index contributed by atoms with van der Waals surface area (Å²) in [7, 11) is 0. The summed E-state index contributed by atoms with van der Waals surface area (Å²) in [6, 6.07) is 0.278. The van der Waals surface area contributed by atoms with Crippen LogP contribution in [0.4, 0.5) is 0 Å². The fourth-order valence-electron chi connectivity index (χ4n) is 1.46. The number of nitrogens with zero attached hydrogens (tertiary/aromatic N) is 1. The summed E-state index contributed by atoms with van der Waals surface area (Å²) in [5, 5.41) is 0. The lowest BCUT2D eigenvalue weighted by Crippen LogP contribution is -2.45. The summed E-state index contributed by atoms with van der Waals surface area (Å²) in [6.45, 7) is 8.06. The van der Waals surface area contributed by atoms with E-state index in [0.29, 0.717) is 6.10 Å². The van der Waals surface area contributed by atoms with Crippen LogP contribution in [0.15, 0.2) is 0 Å². The second-order valence-electron chi connectivity index (χ2n) is 3.42. The third kappa shape index (κ3) is 3.18. The number of hydrogen-bond acceptors (Lipinski definition) is 3. The molecule has 0 saturated carbocycles. The van der Waals surface area contributed by atoms with Crippen LogP contribution in [0, 0.1) is 0 Å². The molecule has 0 aromatic heterocycles. The predicted octanol–water partition coefficient (Wildman–Crippen LogP) is 0.0543. The normalized spacial score (nSPS) is 30.3. The maximum Gasteiger partial charge on any atom is 0.0674 e. The van der Waals surface area contributed by atoms with E-state index >= 15 is 0 Å². The van der Waals surface area contributed by atoms with Gasteiger partial charge in [-0.1, -0.05) is 0 Å². The van der Waals surface area contributed by atoms with Crippen LogP contribution in [-0.4, -0.2) is 43.3 Å². The molecular weight excluding hydrogens is 140 g/mol. The van der Waals surface area contributed by atoms with Gasteiger partial charge in [-0.25, -0.2) is 0 Å². The Labute approximate surface area is 68.5 Å². The highest BCUT2D eigenvalue weighted by atomic mass is 16.5. The van der Waals surface area contributed by atoms with Crippen molar-refractivity contribution < 1.29 is 4.74 Å². The lowest BCUT2D eigenvalue weighted by atomic mass is 10.2. The number of morpholine rings is 1. The Morgan fingerprint density at radius 1 is 1.73 bits per heavy atom. The molecule has 0 aromatic carbocycles. The Kier molecular flexibility index (Phi) is 3.30. The van der Waals surface area contributed by atoms with Crippen molar-refractivity contribution in [1.29, 1.82) is 0 Å². The van der Waals surface area contributed by atoms with Gasteiger partial charge in [-0.05, 0) is 13.8 Å². The molecule has 1 aliphatic heterocycles. The van der Waals surface area contributed by atoms with Crippen molar-refractivity contribution >= 4 is 0 Å². The van der Waals surface area contributed by atoms with Gasteiger partial charge in [-0.2, -0.15) is 0 Å². The first-order valence-electron chi connectivity index (χ1n) is 4.28. The predicted molar refractivity (Wildman–Crippen MR) is 45.5 cm³/mol. The smallest absolute Gasteiger partial charge is 0.0674 e. The summed E-state index contributed by atoms with van der Waals surface area (Å²) < 4.78 is 5.41. The third-order valence-corrected chi connectivity index (χ3v) is 1.87. The van der Waals surface area contributed by atoms with Gasteiger partial charge in [0.2, 0.25) is 0 Å². The average molecular weight is 158 g/mol. The minimum absolute atomic E-state index is 0.278. The standard InChI is InChI=1S/C8H18N2O/c1-7(9)5-10-3-4-11-8(2)6-10/h7-8H,3-6,9H2,1-2H3/t7-,8?/m0/s1. The van der Waals surface area contributed by atoms with Crippen LogP contribution >= 0.6 is 0 Å². The van der Waals surface area contributed by atoms with E-state index in [9.17, 15) is 0 Å².